The van der Waals surface area contributed by atoms with E-state index in [9.17, 15) is 5.11 Å². The summed E-state index contributed by atoms with van der Waals surface area (Å²) in [5.74, 6) is 0.306. The highest BCUT2D eigenvalue weighted by Gasteiger charge is 2.00. The lowest BCUT2D eigenvalue weighted by Gasteiger charge is -2.05. The molecule has 1 aromatic carbocycles. The lowest BCUT2D eigenvalue weighted by Crippen LogP contribution is -2.17. The molecule has 2 heterocycles. The molecule has 0 saturated heterocycles. The summed E-state index contributed by atoms with van der Waals surface area (Å²) in [6.45, 7) is 3.60. The monoisotopic (exact) mass is 282 g/mol. The Morgan fingerprint density at radius 2 is 2.00 bits per heavy atom. The molecule has 0 amide bonds. The van der Waals surface area contributed by atoms with Gasteiger partial charge in [0.25, 0.3) is 0 Å². The van der Waals surface area contributed by atoms with E-state index in [-0.39, 0.29) is 0 Å². The van der Waals surface area contributed by atoms with Crippen molar-refractivity contribution in [3.05, 3.63) is 59.5 Å². The van der Waals surface area contributed by atoms with Crippen LogP contribution in [0.4, 0.5) is 0 Å². The molecule has 5 heteroatoms. The Morgan fingerprint density at radius 3 is 2.81 bits per heavy atom. The summed E-state index contributed by atoms with van der Waals surface area (Å²) in [6.07, 6.45) is 4.81. The van der Waals surface area contributed by atoms with Gasteiger partial charge in [0, 0.05) is 30.6 Å². The van der Waals surface area contributed by atoms with Gasteiger partial charge in [-0.05, 0) is 37.6 Å². The number of rotatable bonds is 5. The number of phenols is 1. The zero-order valence-electron chi connectivity index (χ0n) is 12.0. The van der Waals surface area contributed by atoms with Crippen LogP contribution in [0.3, 0.4) is 0 Å². The summed E-state index contributed by atoms with van der Waals surface area (Å²) in [5, 5.41) is 17.0. The minimum atomic E-state index is 0.306. The Morgan fingerprint density at radius 1 is 1.19 bits per heavy atom. The van der Waals surface area contributed by atoms with E-state index in [2.05, 4.69) is 15.4 Å². The van der Waals surface area contributed by atoms with Crippen molar-refractivity contribution < 1.29 is 5.11 Å². The van der Waals surface area contributed by atoms with E-state index in [1.807, 2.05) is 42.0 Å². The topological polar surface area (TPSA) is 62.5 Å². The summed E-state index contributed by atoms with van der Waals surface area (Å²) in [5.41, 5.74) is 4.16. The lowest BCUT2D eigenvalue weighted by atomic mass is 10.1. The molecule has 108 valence electrons. The first-order chi connectivity index (χ1) is 10.2. The van der Waals surface area contributed by atoms with Crippen LogP contribution < -0.4 is 5.32 Å². The van der Waals surface area contributed by atoms with E-state index in [1.54, 1.807) is 12.1 Å². The molecule has 3 rings (SSSR count). The Labute approximate surface area is 123 Å². The van der Waals surface area contributed by atoms with Crippen LogP contribution in [0.25, 0.3) is 5.65 Å². The first-order valence-corrected chi connectivity index (χ1v) is 7.00. The average molecular weight is 282 g/mol. The molecule has 0 atom stereocenters. The van der Waals surface area contributed by atoms with Crippen LogP contribution in [-0.2, 0) is 13.0 Å². The number of hydrogen-bond donors (Lipinski definition) is 2. The van der Waals surface area contributed by atoms with Crippen molar-refractivity contribution in [3.63, 3.8) is 0 Å². The van der Waals surface area contributed by atoms with E-state index < -0.39 is 0 Å². The average Bonchev–Trinajstić information content (AvgIpc) is 2.85. The van der Waals surface area contributed by atoms with E-state index in [0.29, 0.717) is 5.75 Å². The van der Waals surface area contributed by atoms with Gasteiger partial charge in [-0.25, -0.2) is 9.50 Å². The molecule has 5 nitrogen and oxygen atoms in total. The van der Waals surface area contributed by atoms with Gasteiger partial charge in [0.15, 0.2) is 5.65 Å². The second-order valence-corrected chi connectivity index (χ2v) is 5.14. The smallest absolute Gasteiger partial charge is 0.155 e. The Kier molecular flexibility index (Phi) is 3.83. The highest BCUT2D eigenvalue weighted by molar-refractivity contribution is 5.38. The fourth-order valence-corrected chi connectivity index (χ4v) is 2.25. The first kappa shape index (κ1) is 13.6. The predicted molar refractivity (Wildman–Crippen MR) is 81.2 cm³/mol. The van der Waals surface area contributed by atoms with Gasteiger partial charge < -0.3 is 10.4 Å². The minimum Gasteiger partial charge on any atom is -0.508 e. The minimum absolute atomic E-state index is 0.306. The number of fused-ring (bicyclic) bond motifs is 1. The van der Waals surface area contributed by atoms with Crippen LogP contribution in [0.5, 0.6) is 5.75 Å². The van der Waals surface area contributed by atoms with Gasteiger partial charge in [0.05, 0.1) is 5.69 Å². The van der Waals surface area contributed by atoms with Crippen molar-refractivity contribution in [2.75, 3.05) is 6.54 Å². The van der Waals surface area contributed by atoms with E-state index >= 15 is 0 Å². The van der Waals surface area contributed by atoms with Gasteiger partial charge in [-0.2, -0.15) is 5.10 Å². The van der Waals surface area contributed by atoms with Crippen molar-refractivity contribution in [1.82, 2.24) is 19.9 Å². The molecule has 0 unspecified atom stereocenters. The molecule has 0 bridgehead atoms. The van der Waals surface area contributed by atoms with Gasteiger partial charge in [-0.3, -0.25) is 0 Å². The van der Waals surface area contributed by atoms with Crippen LogP contribution in [0, 0.1) is 6.92 Å². The molecule has 3 aromatic rings. The maximum absolute atomic E-state index is 9.23. The maximum atomic E-state index is 9.23. The first-order valence-electron chi connectivity index (χ1n) is 7.00. The summed E-state index contributed by atoms with van der Waals surface area (Å²) in [6, 6.07) is 9.27. The Balaban J connectivity index is 1.53. The van der Waals surface area contributed by atoms with Crippen LogP contribution in [0.2, 0.25) is 0 Å². The number of benzene rings is 1. The quantitative estimate of drug-likeness (QED) is 0.703. The molecule has 2 aromatic heterocycles. The third kappa shape index (κ3) is 3.38. The number of aryl methyl sites for hydroxylation is 1. The number of aromatic hydroxyl groups is 1. The molecule has 0 aliphatic heterocycles. The van der Waals surface area contributed by atoms with Gasteiger partial charge in [-0.1, -0.05) is 12.1 Å². The predicted octanol–water partition coefficient (Wildman–Crippen LogP) is 2.08. The maximum Gasteiger partial charge on any atom is 0.155 e. The summed E-state index contributed by atoms with van der Waals surface area (Å²) < 4.78 is 1.81. The number of phenolic OH excluding ortho intramolecular Hbond substituents is 1. The number of hydrogen-bond acceptors (Lipinski definition) is 4. The zero-order valence-corrected chi connectivity index (χ0v) is 12.0. The van der Waals surface area contributed by atoms with Crippen molar-refractivity contribution in [2.45, 2.75) is 19.9 Å². The van der Waals surface area contributed by atoms with Gasteiger partial charge in [0.1, 0.15) is 5.75 Å². The zero-order chi connectivity index (χ0) is 14.7. The molecule has 21 heavy (non-hydrogen) atoms. The normalized spacial score (nSPS) is 11.1. The van der Waals surface area contributed by atoms with Gasteiger partial charge in [0.2, 0.25) is 0 Å². The number of aromatic nitrogens is 3. The molecule has 0 aliphatic rings. The molecular formula is C16H18N4O. The molecule has 0 saturated carbocycles. The van der Waals surface area contributed by atoms with Crippen LogP contribution in [0.15, 0.2) is 42.7 Å². The van der Waals surface area contributed by atoms with Crippen molar-refractivity contribution in [3.8, 4) is 5.75 Å². The van der Waals surface area contributed by atoms with Crippen LogP contribution >= 0.6 is 0 Å². The number of nitrogens with zero attached hydrogens (tertiary/aromatic N) is 3. The molecule has 0 aliphatic carbocycles. The SMILES string of the molecule is Cc1cc2ncc(CNCCc3ccc(O)cc3)cn2n1. The van der Waals surface area contributed by atoms with Crippen molar-refractivity contribution in [1.29, 1.82) is 0 Å². The Bertz CT molecular complexity index is 734. The fourth-order valence-electron chi connectivity index (χ4n) is 2.25. The highest BCUT2D eigenvalue weighted by Crippen LogP contribution is 2.09. The molecular weight excluding hydrogens is 264 g/mol. The van der Waals surface area contributed by atoms with Gasteiger partial charge >= 0.3 is 0 Å². The van der Waals surface area contributed by atoms with Crippen LogP contribution in [-0.4, -0.2) is 26.2 Å². The highest BCUT2D eigenvalue weighted by atomic mass is 16.3. The van der Waals surface area contributed by atoms with Crippen molar-refractivity contribution >= 4 is 5.65 Å². The lowest BCUT2D eigenvalue weighted by molar-refractivity contribution is 0.475. The molecule has 2 N–H and O–H groups in total. The van der Waals surface area contributed by atoms with Gasteiger partial charge in [-0.15, -0.1) is 0 Å². The molecule has 0 fully saturated rings. The van der Waals surface area contributed by atoms with E-state index in [1.165, 1.54) is 5.56 Å². The van der Waals surface area contributed by atoms with Crippen molar-refractivity contribution in [2.24, 2.45) is 0 Å². The molecule has 0 radical (unpaired) electrons. The second-order valence-electron chi connectivity index (χ2n) is 5.14. The molecule has 0 spiro atoms. The third-order valence-electron chi connectivity index (χ3n) is 3.34. The van der Waals surface area contributed by atoms with Crippen LogP contribution in [0.1, 0.15) is 16.8 Å². The fraction of sp³-hybridized carbons (Fsp3) is 0.250. The van der Waals surface area contributed by atoms with E-state index in [4.69, 9.17) is 0 Å². The number of nitrogens with one attached hydrogen (secondary N) is 1. The summed E-state index contributed by atoms with van der Waals surface area (Å²) in [4.78, 5) is 4.38. The Hall–Kier alpha value is -2.40. The second kappa shape index (κ2) is 5.93. The van der Waals surface area contributed by atoms with E-state index in [0.717, 1.165) is 36.4 Å². The summed E-state index contributed by atoms with van der Waals surface area (Å²) in [7, 11) is 0. The standard InChI is InChI=1S/C16H18N4O/c1-12-8-16-18-10-14(11-20(16)19-12)9-17-7-6-13-2-4-15(21)5-3-13/h2-5,8,10-11,17,21H,6-7,9H2,1H3. The summed E-state index contributed by atoms with van der Waals surface area (Å²) >= 11 is 0. The third-order valence-corrected chi connectivity index (χ3v) is 3.34. The largest absolute Gasteiger partial charge is 0.508 e.